The summed E-state index contributed by atoms with van der Waals surface area (Å²) in [6, 6.07) is 16.4. The fraction of sp³-hybridized carbons (Fsp3) is 0.662. The van der Waals surface area contributed by atoms with Gasteiger partial charge in [0.15, 0.2) is 0 Å². The summed E-state index contributed by atoms with van der Waals surface area (Å²) in [5.41, 5.74) is 27.2. The monoisotopic (exact) mass is 1330 g/mol. The van der Waals surface area contributed by atoms with E-state index in [1.165, 1.54) is 37.8 Å². The molecule has 1 aliphatic rings. The van der Waals surface area contributed by atoms with Crippen molar-refractivity contribution in [1.29, 1.82) is 0 Å². The van der Waals surface area contributed by atoms with Gasteiger partial charge in [-0.25, -0.2) is 4.79 Å². The first-order valence-corrected chi connectivity index (χ1v) is 34.6. The van der Waals surface area contributed by atoms with Crippen molar-refractivity contribution in [2.24, 2.45) is 22.9 Å². The van der Waals surface area contributed by atoms with E-state index in [9.17, 15) is 52.7 Å². The van der Waals surface area contributed by atoms with Crippen LogP contribution in [0.5, 0.6) is 0 Å². The molecule has 0 aromatic heterocycles. The Morgan fingerprint density at radius 3 is 0.989 bits per heavy atom. The Labute approximate surface area is 562 Å². The highest BCUT2D eigenvalue weighted by molar-refractivity contribution is 5.88. The number of ether oxygens (including phenoxy) is 1. The molecule has 11 amide bonds. The SMILES string of the molecule is CNC(=O)CN(CCNC(=O)CN(CCNC(=O)CN(CCNC(=O)CN(CCNC(=O)CCCCCNC(=O)CCCCCNC(=O)OCC1c2ccccc2-c2ccccc21)C(=O)CCCCCN)C(=O)CCCCCN)C(=O)CCCCCN)C(=O)CCCCCN. The maximum absolute atomic E-state index is 13.6. The van der Waals surface area contributed by atoms with Gasteiger partial charge in [0.25, 0.3) is 0 Å². The van der Waals surface area contributed by atoms with Crippen LogP contribution in [0.25, 0.3) is 11.1 Å². The van der Waals surface area contributed by atoms with Crippen molar-refractivity contribution in [3.63, 3.8) is 0 Å². The summed E-state index contributed by atoms with van der Waals surface area (Å²) in [5.74, 6) is -3.31. The maximum Gasteiger partial charge on any atom is 0.407 e. The molecule has 0 unspecified atom stereocenters. The number of carbonyl (C=O) groups excluding carboxylic acids is 11. The number of likely N-dealkylation sites (N-methyl/N-ethyl adjacent to an activating group) is 1. The predicted octanol–water partition coefficient (Wildman–Crippen LogP) is 2.36. The zero-order chi connectivity index (χ0) is 69.3. The van der Waals surface area contributed by atoms with Gasteiger partial charge in [-0.2, -0.15) is 0 Å². The molecule has 2 aromatic carbocycles. The summed E-state index contributed by atoms with van der Waals surface area (Å²) >= 11 is 0. The van der Waals surface area contributed by atoms with E-state index in [2.05, 4.69) is 61.5 Å². The zero-order valence-electron chi connectivity index (χ0n) is 56.6. The second-order valence-electron chi connectivity index (χ2n) is 24.0. The van der Waals surface area contributed by atoms with Crippen molar-refractivity contribution in [2.75, 3.05) is 131 Å². The lowest BCUT2D eigenvalue weighted by atomic mass is 9.98. The highest BCUT2D eigenvalue weighted by atomic mass is 16.5. The van der Waals surface area contributed by atoms with Gasteiger partial charge in [0.1, 0.15) is 6.61 Å². The Balaban J connectivity index is 1.41. The molecule has 532 valence electrons. The summed E-state index contributed by atoms with van der Waals surface area (Å²) in [6.07, 6.45) is 13.0. The lowest BCUT2D eigenvalue weighted by Gasteiger charge is -2.25. The number of benzene rings is 2. The molecular formula is C68H113N15O12. The lowest BCUT2D eigenvalue weighted by Crippen LogP contribution is -2.48. The fourth-order valence-electron chi connectivity index (χ4n) is 10.9. The molecule has 0 atom stereocenters. The fourth-order valence-corrected chi connectivity index (χ4v) is 10.9. The van der Waals surface area contributed by atoms with Gasteiger partial charge in [-0.05, 0) is 125 Å². The molecule has 0 heterocycles. The van der Waals surface area contributed by atoms with Crippen LogP contribution in [0, 0.1) is 0 Å². The van der Waals surface area contributed by atoms with Gasteiger partial charge in [0, 0.05) is 117 Å². The molecule has 0 spiro atoms. The minimum atomic E-state index is -0.534. The summed E-state index contributed by atoms with van der Waals surface area (Å²) in [4.78, 5) is 149. The molecule has 0 radical (unpaired) electrons. The lowest BCUT2D eigenvalue weighted by molar-refractivity contribution is -0.137. The first kappa shape index (κ1) is 81.5. The molecule has 0 saturated heterocycles. The average molecular weight is 1330 g/mol. The number of nitrogens with one attached hydrogen (secondary N) is 7. The van der Waals surface area contributed by atoms with Gasteiger partial charge in [-0.1, -0.05) is 87.1 Å². The summed E-state index contributed by atoms with van der Waals surface area (Å²) in [5, 5.41) is 19.4. The third-order valence-corrected chi connectivity index (χ3v) is 16.3. The first-order valence-electron chi connectivity index (χ1n) is 34.6. The Kier molecular flexibility index (Phi) is 43.4. The van der Waals surface area contributed by atoms with Gasteiger partial charge in [-0.3, -0.25) is 47.9 Å². The highest BCUT2D eigenvalue weighted by Gasteiger charge is 2.29. The third-order valence-electron chi connectivity index (χ3n) is 16.3. The largest absolute Gasteiger partial charge is 0.449 e. The van der Waals surface area contributed by atoms with Crippen LogP contribution in [-0.4, -0.2) is 216 Å². The van der Waals surface area contributed by atoms with Gasteiger partial charge in [-0.15, -0.1) is 0 Å². The van der Waals surface area contributed by atoms with E-state index >= 15 is 0 Å². The van der Waals surface area contributed by atoms with Crippen molar-refractivity contribution in [1.82, 2.24) is 56.8 Å². The number of nitrogens with two attached hydrogens (primary N) is 4. The van der Waals surface area contributed by atoms with Gasteiger partial charge in [0.2, 0.25) is 59.1 Å². The van der Waals surface area contributed by atoms with E-state index in [4.69, 9.17) is 27.7 Å². The summed E-state index contributed by atoms with van der Waals surface area (Å²) in [7, 11) is 1.47. The second kappa shape index (κ2) is 50.6. The number of hydrogen-bond donors (Lipinski definition) is 11. The molecule has 95 heavy (non-hydrogen) atoms. The number of carbonyl (C=O) groups is 11. The molecule has 0 bridgehead atoms. The van der Waals surface area contributed by atoms with Crippen molar-refractivity contribution in [3.05, 3.63) is 59.7 Å². The Hall–Kier alpha value is -7.75. The number of alkyl carbamates (subject to hydrolysis) is 1. The molecule has 0 aliphatic heterocycles. The van der Waals surface area contributed by atoms with E-state index in [1.807, 2.05) is 24.3 Å². The van der Waals surface area contributed by atoms with Crippen LogP contribution in [0.4, 0.5) is 4.79 Å². The molecule has 15 N–H and O–H groups in total. The van der Waals surface area contributed by atoms with E-state index in [-0.39, 0.29) is 165 Å². The maximum atomic E-state index is 13.6. The van der Waals surface area contributed by atoms with Crippen molar-refractivity contribution in [2.45, 2.75) is 160 Å². The number of nitrogens with zero attached hydrogens (tertiary/aromatic N) is 4. The van der Waals surface area contributed by atoms with Crippen LogP contribution in [0.1, 0.15) is 171 Å². The second-order valence-corrected chi connectivity index (χ2v) is 24.0. The van der Waals surface area contributed by atoms with E-state index in [1.54, 1.807) is 0 Å². The van der Waals surface area contributed by atoms with Crippen molar-refractivity contribution >= 4 is 65.2 Å². The summed E-state index contributed by atoms with van der Waals surface area (Å²) in [6.45, 7) is 2.03. The number of rotatable bonds is 54. The molecule has 3 rings (SSSR count). The topological polar surface area (TPSA) is 398 Å². The minimum Gasteiger partial charge on any atom is -0.449 e. The van der Waals surface area contributed by atoms with E-state index in [0.717, 1.165) is 49.7 Å². The number of amides is 11. The smallest absolute Gasteiger partial charge is 0.407 e. The van der Waals surface area contributed by atoms with E-state index in [0.29, 0.717) is 123 Å². The van der Waals surface area contributed by atoms with Crippen LogP contribution in [-0.2, 0) is 52.7 Å². The Morgan fingerprint density at radius 1 is 0.347 bits per heavy atom. The Morgan fingerprint density at radius 2 is 0.642 bits per heavy atom. The molecule has 0 fully saturated rings. The van der Waals surface area contributed by atoms with Gasteiger partial charge in [0.05, 0.1) is 26.2 Å². The Bertz CT molecular complexity index is 2600. The van der Waals surface area contributed by atoms with Gasteiger partial charge >= 0.3 is 6.09 Å². The van der Waals surface area contributed by atoms with Crippen molar-refractivity contribution < 1.29 is 57.5 Å². The first-order chi connectivity index (χ1) is 46.0. The molecule has 27 heteroatoms. The molecule has 1 aliphatic carbocycles. The molecule has 2 aromatic rings. The van der Waals surface area contributed by atoms with Crippen LogP contribution < -0.4 is 60.2 Å². The number of unbranched alkanes of at least 4 members (excludes halogenated alkanes) is 12. The van der Waals surface area contributed by atoms with Crippen LogP contribution in [0.15, 0.2) is 48.5 Å². The third kappa shape index (κ3) is 35.5. The number of fused-ring (bicyclic) bond motifs is 3. The van der Waals surface area contributed by atoms with Gasteiger partial charge < -0.3 is 84.5 Å². The number of hydrogen-bond acceptors (Lipinski definition) is 16. The predicted molar refractivity (Wildman–Crippen MR) is 366 cm³/mol. The van der Waals surface area contributed by atoms with Crippen LogP contribution >= 0.6 is 0 Å². The minimum absolute atomic E-state index is 0.0111. The average Bonchev–Trinajstić information content (AvgIpc) is 1.62. The normalized spacial score (nSPS) is 11.3. The van der Waals surface area contributed by atoms with Crippen molar-refractivity contribution in [3.8, 4) is 11.1 Å². The zero-order valence-corrected chi connectivity index (χ0v) is 56.6. The van der Waals surface area contributed by atoms with E-state index < -0.39 is 23.8 Å². The molecule has 0 saturated carbocycles. The molecular weight excluding hydrogens is 1220 g/mol. The van der Waals surface area contributed by atoms with Crippen LogP contribution in [0.2, 0.25) is 0 Å². The highest BCUT2D eigenvalue weighted by Crippen LogP contribution is 2.44. The molecule has 27 nitrogen and oxygen atoms in total. The van der Waals surface area contributed by atoms with Crippen LogP contribution in [0.3, 0.4) is 0 Å². The quantitative estimate of drug-likeness (QED) is 0.0424. The summed E-state index contributed by atoms with van der Waals surface area (Å²) < 4.78 is 5.61. The standard InChI is InChI=1S/C68H113N15O12/c1-73-60(86)48-80(64(90)30-10-2-18-34-69)45-41-76-62(88)50-82(66(92)32-12-4-20-36-71)47-43-78-63(89)51-83(67(93)33-13-5-21-37-72)46-42-77-61(87)49-81(65(91)31-11-3-19-35-70)44-40-75-59(85)29-8-6-22-38-74-58(84)28-9-7-23-39-79-68(94)95-52-57-55-26-16-14-24-53(55)54-25-15-17-27-56(54)57/h14-17,24-27,57H,2-13,18-23,28-52,69-72H2,1H3,(H,73,86)(H,74,84)(H,75,85)(H,76,88)(H,77,87)(H,78,89)(H,79,94).